The van der Waals surface area contributed by atoms with E-state index >= 15 is 0 Å². The fourth-order valence-electron chi connectivity index (χ4n) is 0.709. The van der Waals surface area contributed by atoms with Gasteiger partial charge < -0.3 is 10.8 Å². The normalized spacial score (nSPS) is 13.4. The summed E-state index contributed by atoms with van der Waals surface area (Å²) in [7, 11) is 0. The highest BCUT2D eigenvalue weighted by Gasteiger charge is 2.04. The van der Waals surface area contributed by atoms with Gasteiger partial charge in [0.2, 0.25) is 0 Å². The SMILES string of the molecule is C[C@H](CN)n1cc(CO)nn1. The van der Waals surface area contributed by atoms with E-state index < -0.39 is 0 Å². The van der Waals surface area contributed by atoms with Crippen LogP contribution in [0.3, 0.4) is 0 Å². The molecule has 1 rings (SSSR count). The Morgan fingerprint density at radius 2 is 2.55 bits per heavy atom. The molecule has 62 valence electrons. The first-order chi connectivity index (χ1) is 5.27. The van der Waals surface area contributed by atoms with Gasteiger partial charge in [-0.1, -0.05) is 5.21 Å². The molecule has 5 heteroatoms. The van der Waals surface area contributed by atoms with Crippen molar-refractivity contribution < 1.29 is 5.11 Å². The van der Waals surface area contributed by atoms with E-state index in [4.69, 9.17) is 10.8 Å². The van der Waals surface area contributed by atoms with E-state index in [9.17, 15) is 0 Å². The van der Waals surface area contributed by atoms with Crippen LogP contribution in [0, 0.1) is 0 Å². The van der Waals surface area contributed by atoms with Gasteiger partial charge in [0.05, 0.1) is 18.8 Å². The van der Waals surface area contributed by atoms with Crippen molar-refractivity contribution in [2.75, 3.05) is 6.54 Å². The van der Waals surface area contributed by atoms with Crippen molar-refractivity contribution >= 4 is 0 Å². The van der Waals surface area contributed by atoms with Gasteiger partial charge in [0.15, 0.2) is 0 Å². The van der Waals surface area contributed by atoms with Crippen LogP contribution >= 0.6 is 0 Å². The largest absolute Gasteiger partial charge is 0.390 e. The van der Waals surface area contributed by atoms with Crippen LogP contribution in [0.4, 0.5) is 0 Å². The molecule has 0 fully saturated rings. The Morgan fingerprint density at radius 3 is 3.00 bits per heavy atom. The van der Waals surface area contributed by atoms with Crippen molar-refractivity contribution in [3.8, 4) is 0 Å². The lowest BCUT2D eigenvalue weighted by Gasteiger charge is -2.05. The molecule has 0 amide bonds. The number of aliphatic hydroxyl groups is 1. The maximum Gasteiger partial charge on any atom is 0.108 e. The summed E-state index contributed by atoms with van der Waals surface area (Å²) in [5, 5.41) is 16.2. The number of rotatable bonds is 3. The number of aromatic nitrogens is 3. The summed E-state index contributed by atoms with van der Waals surface area (Å²) in [6.07, 6.45) is 1.69. The average Bonchev–Trinajstić information content (AvgIpc) is 2.50. The average molecular weight is 156 g/mol. The van der Waals surface area contributed by atoms with E-state index in [-0.39, 0.29) is 12.6 Å². The fourth-order valence-corrected chi connectivity index (χ4v) is 0.709. The molecular formula is C6H12N4O. The molecule has 0 unspecified atom stereocenters. The van der Waals surface area contributed by atoms with Gasteiger partial charge in [-0.25, -0.2) is 4.68 Å². The first-order valence-corrected chi connectivity index (χ1v) is 3.49. The van der Waals surface area contributed by atoms with Gasteiger partial charge in [-0.15, -0.1) is 5.10 Å². The summed E-state index contributed by atoms with van der Waals surface area (Å²) in [4.78, 5) is 0. The molecule has 0 aromatic carbocycles. The summed E-state index contributed by atoms with van der Waals surface area (Å²) in [6.45, 7) is 2.39. The van der Waals surface area contributed by atoms with Crippen molar-refractivity contribution in [1.29, 1.82) is 0 Å². The minimum Gasteiger partial charge on any atom is -0.390 e. The Balaban J connectivity index is 2.71. The molecule has 1 aromatic heterocycles. The molecule has 0 saturated carbocycles. The Kier molecular flexibility index (Phi) is 2.56. The number of hydrogen-bond donors (Lipinski definition) is 2. The molecule has 0 radical (unpaired) electrons. The number of nitrogens with zero attached hydrogens (tertiary/aromatic N) is 3. The topological polar surface area (TPSA) is 77.0 Å². The van der Waals surface area contributed by atoms with E-state index in [1.54, 1.807) is 10.9 Å². The van der Waals surface area contributed by atoms with Gasteiger partial charge in [0, 0.05) is 6.54 Å². The Morgan fingerprint density at radius 1 is 1.82 bits per heavy atom. The molecule has 0 spiro atoms. The van der Waals surface area contributed by atoms with Gasteiger partial charge in [-0.2, -0.15) is 0 Å². The molecule has 0 bridgehead atoms. The molecule has 5 nitrogen and oxygen atoms in total. The summed E-state index contributed by atoms with van der Waals surface area (Å²) in [5.41, 5.74) is 5.98. The maximum atomic E-state index is 8.66. The minimum atomic E-state index is -0.0721. The Bertz CT molecular complexity index is 222. The van der Waals surface area contributed by atoms with Crippen molar-refractivity contribution in [2.24, 2.45) is 5.73 Å². The second-order valence-corrected chi connectivity index (χ2v) is 2.43. The first-order valence-electron chi connectivity index (χ1n) is 3.49. The lowest BCUT2D eigenvalue weighted by molar-refractivity contribution is 0.276. The Hall–Kier alpha value is -0.940. The molecule has 0 saturated heterocycles. The molecule has 0 aliphatic heterocycles. The number of nitrogens with two attached hydrogens (primary N) is 1. The van der Waals surface area contributed by atoms with E-state index in [1.165, 1.54) is 0 Å². The van der Waals surface area contributed by atoms with E-state index in [0.29, 0.717) is 12.2 Å². The highest BCUT2D eigenvalue weighted by Crippen LogP contribution is 2.01. The van der Waals surface area contributed by atoms with Crippen LogP contribution in [-0.2, 0) is 6.61 Å². The van der Waals surface area contributed by atoms with Crippen molar-refractivity contribution in [3.63, 3.8) is 0 Å². The zero-order valence-corrected chi connectivity index (χ0v) is 6.44. The highest BCUT2D eigenvalue weighted by molar-refractivity contribution is 4.90. The highest BCUT2D eigenvalue weighted by atomic mass is 16.3. The van der Waals surface area contributed by atoms with Crippen LogP contribution in [0.15, 0.2) is 6.20 Å². The molecule has 3 N–H and O–H groups in total. The number of aliphatic hydroxyl groups excluding tert-OH is 1. The zero-order chi connectivity index (χ0) is 8.27. The summed E-state index contributed by atoms with van der Waals surface area (Å²) in [5.74, 6) is 0. The summed E-state index contributed by atoms with van der Waals surface area (Å²) in [6, 6.07) is 0.141. The van der Waals surface area contributed by atoms with Crippen molar-refractivity contribution in [2.45, 2.75) is 19.6 Å². The van der Waals surface area contributed by atoms with Crippen LogP contribution in [0.1, 0.15) is 18.7 Å². The van der Waals surface area contributed by atoms with E-state index in [1.807, 2.05) is 6.92 Å². The fraction of sp³-hybridized carbons (Fsp3) is 0.667. The second-order valence-electron chi connectivity index (χ2n) is 2.43. The van der Waals surface area contributed by atoms with Gasteiger partial charge in [0.1, 0.15) is 5.69 Å². The minimum absolute atomic E-state index is 0.0721. The van der Waals surface area contributed by atoms with Crippen LogP contribution in [0.2, 0.25) is 0 Å². The standard InChI is InChI=1S/C6H12N4O/c1-5(2-7)10-3-6(4-11)8-9-10/h3,5,11H,2,4,7H2,1H3/t5-/m1/s1. The zero-order valence-electron chi connectivity index (χ0n) is 6.44. The molecule has 1 aromatic rings. The predicted octanol–water partition coefficient (Wildman–Crippen LogP) is -0.710. The molecule has 1 heterocycles. The molecule has 11 heavy (non-hydrogen) atoms. The monoisotopic (exact) mass is 156 g/mol. The van der Waals surface area contributed by atoms with Gasteiger partial charge in [-0.3, -0.25) is 0 Å². The van der Waals surface area contributed by atoms with Crippen molar-refractivity contribution in [1.82, 2.24) is 15.0 Å². The molecule has 1 atom stereocenters. The van der Waals surface area contributed by atoms with E-state index in [0.717, 1.165) is 0 Å². The van der Waals surface area contributed by atoms with Crippen LogP contribution in [-0.4, -0.2) is 26.6 Å². The third-order valence-corrected chi connectivity index (χ3v) is 1.51. The van der Waals surface area contributed by atoms with Gasteiger partial charge in [-0.05, 0) is 6.92 Å². The van der Waals surface area contributed by atoms with Crippen LogP contribution in [0.25, 0.3) is 0 Å². The van der Waals surface area contributed by atoms with Crippen molar-refractivity contribution in [3.05, 3.63) is 11.9 Å². The lowest BCUT2D eigenvalue weighted by atomic mass is 10.3. The van der Waals surface area contributed by atoms with Gasteiger partial charge in [0.25, 0.3) is 0 Å². The van der Waals surface area contributed by atoms with Gasteiger partial charge >= 0.3 is 0 Å². The predicted molar refractivity (Wildman–Crippen MR) is 39.7 cm³/mol. The molecular weight excluding hydrogens is 144 g/mol. The third-order valence-electron chi connectivity index (χ3n) is 1.51. The molecule has 0 aliphatic carbocycles. The number of hydrogen-bond acceptors (Lipinski definition) is 4. The third kappa shape index (κ3) is 1.75. The molecule has 0 aliphatic rings. The Labute approximate surface area is 64.8 Å². The summed E-state index contributed by atoms with van der Waals surface area (Å²) < 4.78 is 1.64. The van der Waals surface area contributed by atoms with Crippen LogP contribution < -0.4 is 5.73 Å². The second kappa shape index (κ2) is 3.45. The quantitative estimate of drug-likeness (QED) is 0.606. The first kappa shape index (κ1) is 8.16. The lowest BCUT2D eigenvalue weighted by Crippen LogP contribution is -2.16. The summed E-state index contributed by atoms with van der Waals surface area (Å²) >= 11 is 0. The van der Waals surface area contributed by atoms with E-state index in [2.05, 4.69) is 10.3 Å². The smallest absolute Gasteiger partial charge is 0.108 e. The van der Waals surface area contributed by atoms with Crippen LogP contribution in [0.5, 0.6) is 0 Å². The maximum absolute atomic E-state index is 8.66.